The van der Waals surface area contributed by atoms with Crippen LogP contribution >= 0.6 is 0 Å². The Morgan fingerprint density at radius 2 is 1.88 bits per heavy atom. The summed E-state index contributed by atoms with van der Waals surface area (Å²) in [4.78, 5) is 10.1. The highest BCUT2D eigenvalue weighted by Crippen LogP contribution is 2.27. The molecule has 2 aromatic rings. The predicted octanol–water partition coefficient (Wildman–Crippen LogP) is 3.04. The number of non-ortho nitro benzene ring substituents is 1. The Morgan fingerprint density at radius 1 is 1.12 bits per heavy atom. The number of hydrogen-bond acceptors (Lipinski definition) is 4. The fourth-order valence-electron chi connectivity index (χ4n) is 1.43. The molecule has 0 saturated carbocycles. The van der Waals surface area contributed by atoms with E-state index in [4.69, 9.17) is 0 Å². The van der Waals surface area contributed by atoms with Crippen LogP contribution in [0, 0.1) is 10.1 Å². The highest BCUT2D eigenvalue weighted by molar-refractivity contribution is 5.67. The van der Waals surface area contributed by atoms with Crippen LogP contribution in [0.5, 0.6) is 5.75 Å². The zero-order valence-corrected chi connectivity index (χ0v) is 8.83. The number of nitrogens with zero attached hydrogens (tertiary/aromatic N) is 1. The summed E-state index contributed by atoms with van der Waals surface area (Å²) in [6.07, 6.45) is 0. The number of phenols is 1. The van der Waals surface area contributed by atoms with Crippen LogP contribution in [0.2, 0.25) is 0 Å². The largest absolute Gasteiger partial charge is 0.506 e. The van der Waals surface area contributed by atoms with Crippen LogP contribution in [0.4, 0.5) is 17.1 Å². The first-order valence-corrected chi connectivity index (χ1v) is 4.96. The van der Waals surface area contributed by atoms with Gasteiger partial charge in [-0.3, -0.25) is 10.1 Å². The molecule has 86 valence electrons. The molecule has 2 N–H and O–H groups in total. The lowest BCUT2D eigenvalue weighted by atomic mass is 10.2. The van der Waals surface area contributed by atoms with E-state index in [-0.39, 0.29) is 11.4 Å². The first kappa shape index (κ1) is 10.9. The third-order valence-electron chi connectivity index (χ3n) is 2.24. The van der Waals surface area contributed by atoms with Crippen molar-refractivity contribution in [3.8, 4) is 5.75 Å². The molecule has 0 aliphatic rings. The van der Waals surface area contributed by atoms with E-state index in [1.165, 1.54) is 12.1 Å². The monoisotopic (exact) mass is 230 g/mol. The van der Waals surface area contributed by atoms with Crippen molar-refractivity contribution in [1.29, 1.82) is 0 Å². The van der Waals surface area contributed by atoms with Crippen LogP contribution in [0.25, 0.3) is 0 Å². The van der Waals surface area contributed by atoms with Crippen molar-refractivity contribution in [3.63, 3.8) is 0 Å². The van der Waals surface area contributed by atoms with Crippen molar-refractivity contribution < 1.29 is 10.0 Å². The van der Waals surface area contributed by atoms with Crippen molar-refractivity contribution in [2.24, 2.45) is 0 Å². The number of nitro groups is 1. The average molecular weight is 230 g/mol. The molecule has 0 aromatic heterocycles. The van der Waals surface area contributed by atoms with Gasteiger partial charge in [-0.2, -0.15) is 0 Å². The number of rotatable bonds is 3. The van der Waals surface area contributed by atoms with E-state index in [0.29, 0.717) is 11.4 Å². The van der Waals surface area contributed by atoms with Crippen LogP contribution in [-0.2, 0) is 0 Å². The summed E-state index contributed by atoms with van der Waals surface area (Å²) in [5, 5.41) is 23.1. The number of phenolic OH excluding ortho intramolecular Hbond substituents is 1. The highest BCUT2D eigenvalue weighted by atomic mass is 16.6. The van der Waals surface area contributed by atoms with Crippen LogP contribution in [0.1, 0.15) is 0 Å². The highest BCUT2D eigenvalue weighted by Gasteiger charge is 2.06. The molecule has 0 heterocycles. The smallest absolute Gasteiger partial charge is 0.271 e. The lowest BCUT2D eigenvalue weighted by molar-refractivity contribution is -0.384. The molecule has 0 atom stereocenters. The summed E-state index contributed by atoms with van der Waals surface area (Å²) in [7, 11) is 0. The van der Waals surface area contributed by atoms with Gasteiger partial charge in [0.2, 0.25) is 0 Å². The molecule has 2 rings (SSSR count). The van der Waals surface area contributed by atoms with Gasteiger partial charge in [-0.25, -0.2) is 0 Å². The van der Waals surface area contributed by atoms with Crippen molar-refractivity contribution in [3.05, 3.63) is 58.6 Å². The molecule has 0 amide bonds. The zero-order valence-electron chi connectivity index (χ0n) is 8.83. The third-order valence-corrected chi connectivity index (χ3v) is 2.24. The number of hydrogen-bond donors (Lipinski definition) is 2. The summed E-state index contributed by atoms with van der Waals surface area (Å²) in [6, 6.07) is 12.8. The van der Waals surface area contributed by atoms with E-state index in [2.05, 4.69) is 5.32 Å². The Balaban J connectivity index is 2.28. The lowest BCUT2D eigenvalue weighted by Gasteiger charge is -2.07. The summed E-state index contributed by atoms with van der Waals surface area (Å²) in [5.74, 6) is 0.0963. The summed E-state index contributed by atoms with van der Waals surface area (Å²) in [6.45, 7) is 0. The summed E-state index contributed by atoms with van der Waals surface area (Å²) >= 11 is 0. The van der Waals surface area contributed by atoms with Gasteiger partial charge in [0.15, 0.2) is 0 Å². The first-order chi connectivity index (χ1) is 8.16. The number of nitro benzene ring substituents is 1. The predicted molar refractivity (Wildman–Crippen MR) is 64.5 cm³/mol. The molecule has 0 aliphatic carbocycles. The van der Waals surface area contributed by atoms with Gasteiger partial charge >= 0.3 is 0 Å². The van der Waals surface area contributed by atoms with Gasteiger partial charge in [-0.05, 0) is 18.2 Å². The van der Waals surface area contributed by atoms with E-state index in [0.717, 1.165) is 0 Å². The minimum absolute atomic E-state index is 0.00502. The lowest BCUT2D eigenvalue weighted by Crippen LogP contribution is -1.93. The maximum atomic E-state index is 10.6. The molecule has 0 spiro atoms. The van der Waals surface area contributed by atoms with Gasteiger partial charge in [0.25, 0.3) is 5.69 Å². The number of anilines is 2. The molecular weight excluding hydrogens is 220 g/mol. The number of benzene rings is 2. The Kier molecular flexibility index (Phi) is 2.91. The fourth-order valence-corrected chi connectivity index (χ4v) is 1.43. The summed E-state index contributed by atoms with van der Waals surface area (Å²) in [5.41, 5.74) is 1.07. The van der Waals surface area contributed by atoms with Crippen molar-refractivity contribution >= 4 is 17.1 Å². The fraction of sp³-hybridized carbons (Fsp3) is 0. The third kappa shape index (κ3) is 2.52. The number of nitrogens with one attached hydrogen (secondary N) is 1. The molecule has 0 bridgehead atoms. The Labute approximate surface area is 97.5 Å². The Hall–Kier alpha value is -2.56. The molecule has 17 heavy (non-hydrogen) atoms. The zero-order chi connectivity index (χ0) is 12.3. The number of aromatic hydroxyl groups is 1. The second-order valence-corrected chi connectivity index (χ2v) is 3.45. The van der Waals surface area contributed by atoms with Gasteiger partial charge in [0.1, 0.15) is 5.75 Å². The number of para-hydroxylation sites is 2. The molecular formula is C12H10N2O3. The Morgan fingerprint density at radius 3 is 2.59 bits per heavy atom. The van der Waals surface area contributed by atoms with Crippen molar-refractivity contribution in [1.82, 2.24) is 0 Å². The second kappa shape index (κ2) is 4.52. The molecule has 5 nitrogen and oxygen atoms in total. The molecule has 0 unspecified atom stereocenters. The van der Waals surface area contributed by atoms with Crippen LogP contribution in [0.3, 0.4) is 0 Å². The van der Waals surface area contributed by atoms with Crippen LogP contribution in [0.15, 0.2) is 48.5 Å². The van der Waals surface area contributed by atoms with Gasteiger partial charge in [-0.15, -0.1) is 0 Å². The minimum atomic E-state index is -0.462. The van der Waals surface area contributed by atoms with E-state index < -0.39 is 4.92 Å². The standard InChI is InChI=1S/C12H10N2O3/c15-12-7-2-1-6-11(12)13-9-4-3-5-10(8-9)14(16)17/h1-8,13,15H. The van der Waals surface area contributed by atoms with Gasteiger partial charge < -0.3 is 10.4 Å². The van der Waals surface area contributed by atoms with Crippen molar-refractivity contribution in [2.75, 3.05) is 5.32 Å². The maximum Gasteiger partial charge on any atom is 0.271 e. The quantitative estimate of drug-likeness (QED) is 0.482. The van der Waals surface area contributed by atoms with Crippen LogP contribution in [-0.4, -0.2) is 10.0 Å². The molecule has 5 heteroatoms. The van der Waals surface area contributed by atoms with E-state index in [1.54, 1.807) is 36.4 Å². The maximum absolute atomic E-state index is 10.6. The van der Waals surface area contributed by atoms with Crippen molar-refractivity contribution in [2.45, 2.75) is 0 Å². The van der Waals surface area contributed by atoms with Gasteiger partial charge in [0.05, 0.1) is 10.6 Å². The second-order valence-electron chi connectivity index (χ2n) is 3.45. The molecule has 0 radical (unpaired) electrons. The van der Waals surface area contributed by atoms with E-state index >= 15 is 0 Å². The van der Waals surface area contributed by atoms with Gasteiger partial charge in [0, 0.05) is 17.8 Å². The van der Waals surface area contributed by atoms with Crippen LogP contribution < -0.4 is 5.32 Å². The average Bonchev–Trinajstić information content (AvgIpc) is 2.32. The molecule has 0 aliphatic heterocycles. The van der Waals surface area contributed by atoms with E-state index in [9.17, 15) is 15.2 Å². The molecule has 2 aromatic carbocycles. The first-order valence-electron chi connectivity index (χ1n) is 4.96. The van der Waals surface area contributed by atoms with Gasteiger partial charge in [-0.1, -0.05) is 18.2 Å². The van der Waals surface area contributed by atoms with E-state index in [1.807, 2.05) is 0 Å². The minimum Gasteiger partial charge on any atom is -0.506 e. The molecule has 0 saturated heterocycles. The molecule has 0 fully saturated rings. The topological polar surface area (TPSA) is 75.4 Å². The normalized spacial score (nSPS) is 9.88. The Bertz CT molecular complexity index is 555. The summed E-state index contributed by atoms with van der Waals surface area (Å²) < 4.78 is 0. The SMILES string of the molecule is O=[N+]([O-])c1cccc(Nc2ccccc2O)c1.